The van der Waals surface area contributed by atoms with E-state index in [1.807, 2.05) is 0 Å². The summed E-state index contributed by atoms with van der Waals surface area (Å²) >= 11 is 0. The molecule has 1 heterocycles. The molecule has 0 saturated heterocycles. The van der Waals surface area contributed by atoms with Crippen LogP contribution in [0.1, 0.15) is 54.8 Å². The predicted molar refractivity (Wildman–Crippen MR) is 73.8 cm³/mol. The average molecular weight is 295 g/mol. The molecule has 21 heavy (non-hydrogen) atoms. The predicted octanol–water partition coefficient (Wildman–Crippen LogP) is 1.53. The first kappa shape index (κ1) is 15.5. The lowest BCUT2D eigenvalue weighted by Gasteiger charge is -2.27. The van der Waals surface area contributed by atoms with E-state index < -0.39 is 11.9 Å². The molecule has 116 valence electrons. The zero-order valence-electron chi connectivity index (χ0n) is 12.7. The Bertz CT molecular complexity index is 526. The van der Waals surface area contributed by atoms with Gasteiger partial charge in [-0.3, -0.25) is 4.79 Å². The quantitative estimate of drug-likeness (QED) is 0.783. The van der Waals surface area contributed by atoms with Crippen LogP contribution in [0.4, 0.5) is 0 Å². The third-order valence-corrected chi connectivity index (χ3v) is 3.96. The van der Waals surface area contributed by atoms with Gasteiger partial charge in [-0.05, 0) is 18.8 Å². The summed E-state index contributed by atoms with van der Waals surface area (Å²) in [4.78, 5) is 23.4. The van der Waals surface area contributed by atoms with Crippen molar-refractivity contribution >= 4 is 11.9 Å². The van der Waals surface area contributed by atoms with Crippen LogP contribution in [0.2, 0.25) is 0 Å². The molecule has 1 aliphatic rings. The molecule has 2 unspecified atom stereocenters. The normalized spacial score (nSPS) is 21.9. The summed E-state index contributed by atoms with van der Waals surface area (Å²) in [7, 11) is 2.60. The number of hydrogen-bond acceptors (Lipinski definition) is 6. The number of nitrogens with zero attached hydrogens (tertiary/aromatic N) is 3. The summed E-state index contributed by atoms with van der Waals surface area (Å²) < 4.78 is 11.1. The molecule has 2 atom stereocenters. The highest BCUT2D eigenvalue weighted by Crippen LogP contribution is 2.33. The lowest BCUT2D eigenvalue weighted by molar-refractivity contribution is -0.139. The van der Waals surface area contributed by atoms with E-state index in [1.54, 1.807) is 4.68 Å². The molecule has 0 radical (unpaired) electrons. The second-order valence-corrected chi connectivity index (χ2v) is 5.50. The zero-order valence-corrected chi connectivity index (χ0v) is 12.7. The molecule has 1 aromatic rings. The summed E-state index contributed by atoms with van der Waals surface area (Å²) in [6.45, 7) is 2.20. The van der Waals surface area contributed by atoms with Gasteiger partial charge in [0.25, 0.3) is 0 Å². The van der Waals surface area contributed by atoms with Crippen molar-refractivity contribution in [2.24, 2.45) is 5.92 Å². The van der Waals surface area contributed by atoms with E-state index in [0.717, 1.165) is 19.3 Å². The van der Waals surface area contributed by atoms with Crippen LogP contribution in [-0.2, 0) is 20.7 Å². The van der Waals surface area contributed by atoms with Gasteiger partial charge in [-0.1, -0.05) is 25.0 Å². The number of aromatic nitrogens is 3. The monoisotopic (exact) mass is 295 g/mol. The molecule has 2 rings (SSSR count). The van der Waals surface area contributed by atoms with E-state index in [4.69, 9.17) is 9.47 Å². The minimum Gasteiger partial charge on any atom is -0.469 e. The Morgan fingerprint density at radius 2 is 2.05 bits per heavy atom. The van der Waals surface area contributed by atoms with Gasteiger partial charge in [0.1, 0.15) is 0 Å². The number of hydrogen-bond donors (Lipinski definition) is 0. The largest absolute Gasteiger partial charge is 0.469 e. The smallest absolute Gasteiger partial charge is 0.360 e. The number of methoxy groups -OCH3 is 2. The van der Waals surface area contributed by atoms with Crippen molar-refractivity contribution in [2.45, 2.75) is 45.1 Å². The topological polar surface area (TPSA) is 83.3 Å². The molecule has 1 saturated carbocycles. The Kier molecular flexibility index (Phi) is 4.93. The van der Waals surface area contributed by atoms with Crippen LogP contribution in [0.15, 0.2) is 0 Å². The van der Waals surface area contributed by atoms with Crippen molar-refractivity contribution in [3.8, 4) is 0 Å². The summed E-state index contributed by atoms with van der Waals surface area (Å²) in [5.41, 5.74) is 0.578. The van der Waals surface area contributed by atoms with Crippen LogP contribution < -0.4 is 0 Å². The maximum atomic E-state index is 11.8. The van der Waals surface area contributed by atoms with Gasteiger partial charge in [0.05, 0.1) is 32.4 Å². The van der Waals surface area contributed by atoms with Crippen LogP contribution in [0.3, 0.4) is 0 Å². The average Bonchev–Trinajstić information content (AvgIpc) is 2.89. The van der Waals surface area contributed by atoms with Crippen molar-refractivity contribution in [1.82, 2.24) is 15.0 Å². The molecular weight excluding hydrogens is 274 g/mol. The fourth-order valence-corrected chi connectivity index (χ4v) is 2.86. The molecule has 7 nitrogen and oxygen atoms in total. The Morgan fingerprint density at radius 1 is 1.29 bits per heavy atom. The molecule has 0 aromatic carbocycles. The van der Waals surface area contributed by atoms with Gasteiger partial charge in [-0.25, -0.2) is 9.48 Å². The van der Waals surface area contributed by atoms with E-state index in [0.29, 0.717) is 11.6 Å². The lowest BCUT2D eigenvalue weighted by Crippen LogP contribution is -2.23. The highest BCUT2D eigenvalue weighted by atomic mass is 16.5. The number of carbonyl (C=O) groups excluding carboxylic acids is 2. The van der Waals surface area contributed by atoms with Crippen molar-refractivity contribution in [1.29, 1.82) is 0 Å². The molecule has 0 aliphatic heterocycles. The summed E-state index contributed by atoms with van der Waals surface area (Å²) in [6.07, 6.45) is 4.22. The maximum Gasteiger partial charge on any atom is 0.360 e. The van der Waals surface area contributed by atoms with Gasteiger partial charge in [-0.15, -0.1) is 5.10 Å². The highest BCUT2D eigenvalue weighted by molar-refractivity contribution is 5.89. The highest BCUT2D eigenvalue weighted by Gasteiger charge is 2.29. The number of rotatable bonds is 4. The molecule has 0 spiro atoms. The minimum absolute atomic E-state index is 0.0290. The second-order valence-electron chi connectivity index (χ2n) is 5.50. The third-order valence-electron chi connectivity index (χ3n) is 3.96. The summed E-state index contributed by atoms with van der Waals surface area (Å²) in [5.74, 6) is -0.405. The molecular formula is C14H21N3O4. The van der Waals surface area contributed by atoms with Gasteiger partial charge < -0.3 is 9.47 Å². The van der Waals surface area contributed by atoms with Crippen molar-refractivity contribution in [3.63, 3.8) is 0 Å². The molecule has 1 fully saturated rings. The minimum atomic E-state index is -0.580. The third kappa shape index (κ3) is 3.40. The van der Waals surface area contributed by atoms with Gasteiger partial charge in [0.2, 0.25) is 0 Å². The fraction of sp³-hybridized carbons (Fsp3) is 0.714. The first-order chi connectivity index (χ1) is 10.1. The first-order valence-electron chi connectivity index (χ1n) is 7.16. The Hall–Kier alpha value is -1.92. The standard InChI is InChI=1S/C14H21N3O4/c1-9-5-4-6-10(7-9)17-11(8-12(18)20-2)13(15-16-17)14(19)21-3/h9-10H,4-8H2,1-3H3. The van der Waals surface area contributed by atoms with E-state index in [1.165, 1.54) is 20.6 Å². The van der Waals surface area contributed by atoms with E-state index in [-0.39, 0.29) is 18.2 Å². The molecule has 0 bridgehead atoms. The van der Waals surface area contributed by atoms with Crippen LogP contribution in [-0.4, -0.2) is 41.2 Å². The number of carbonyl (C=O) groups is 2. The van der Waals surface area contributed by atoms with E-state index in [2.05, 4.69) is 17.2 Å². The molecule has 0 N–H and O–H groups in total. The number of esters is 2. The van der Waals surface area contributed by atoms with Crippen LogP contribution in [0, 0.1) is 5.92 Å². The molecule has 0 amide bonds. The van der Waals surface area contributed by atoms with Crippen LogP contribution in [0.5, 0.6) is 0 Å². The Balaban J connectivity index is 2.33. The van der Waals surface area contributed by atoms with Crippen molar-refractivity contribution in [3.05, 3.63) is 11.4 Å². The fourth-order valence-electron chi connectivity index (χ4n) is 2.86. The van der Waals surface area contributed by atoms with Gasteiger partial charge in [-0.2, -0.15) is 0 Å². The first-order valence-corrected chi connectivity index (χ1v) is 7.16. The second kappa shape index (κ2) is 6.69. The van der Waals surface area contributed by atoms with E-state index >= 15 is 0 Å². The molecule has 1 aliphatic carbocycles. The maximum absolute atomic E-state index is 11.8. The summed E-state index contributed by atoms with van der Waals surface area (Å²) in [5, 5.41) is 7.99. The van der Waals surface area contributed by atoms with Gasteiger partial charge in [0.15, 0.2) is 5.69 Å². The van der Waals surface area contributed by atoms with Gasteiger partial charge in [0, 0.05) is 0 Å². The van der Waals surface area contributed by atoms with Crippen LogP contribution in [0.25, 0.3) is 0 Å². The van der Waals surface area contributed by atoms with Gasteiger partial charge >= 0.3 is 11.9 Å². The van der Waals surface area contributed by atoms with Crippen molar-refractivity contribution < 1.29 is 19.1 Å². The van der Waals surface area contributed by atoms with E-state index in [9.17, 15) is 9.59 Å². The number of ether oxygens (including phenoxy) is 2. The SMILES string of the molecule is COC(=O)Cc1c(C(=O)OC)nnn1C1CCCC(C)C1. The lowest BCUT2D eigenvalue weighted by atomic mass is 9.87. The van der Waals surface area contributed by atoms with Crippen molar-refractivity contribution in [2.75, 3.05) is 14.2 Å². The molecule has 1 aromatic heterocycles. The Morgan fingerprint density at radius 3 is 2.67 bits per heavy atom. The zero-order chi connectivity index (χ0) is 15.4. The van der Waals surface area contributed by atoms with Crippen LogP contribution >= 0.6 is 0 Å². The molecule has 7 heteroatoms. The summed E-state index contributed by atoms with van der Waals surface area (Å²) in [6, 6.07) is 0.166. The Labute approximate surface area is 123 Å².